The Hall–Kier alpha value is -2.21. The van der Waals surface area contributed by atoms with Crippen molar-refractivity contribution in [3.63, 3.8) is 0 Å². The fraction of sp³-hybridized carbons (Fsp3) is 0.476. The van der Waals surface area contributed by atoms with Gasteiger partial charge in [0.2, 0.25) is 11.8 Å². The lowest BCUT2D eigenvalue weighted by Crippen LogP contribution is -2.34. The molecule has 2 aromatic rings. The predicted molar refractivity (Wildman–Crippen MR) is 106 cm³/mol. The molecule has 0 radical (unpaired) electrons. The van der Waals surface area contributed by atoms with E-state index >= 15 is 0 Å². The summed E-state index contributed by atoms with van der Waals surface area (Å²) >= 11 is 1.78. The number of benzene rings is 1. The highest BCUT2D eigenvalue weighted by Crippen LogP contribution is 2.27. The Kier molecular flexibility index (Phi) is 5.25. The van der Waals surface area contributed by atoms with Crippen molar-refractivity contribution >= 4 is 23.2 Å². The molecule has 1 fully saturated rings. The summed E-state index contributed by atoms with van der Waals surface area (Å²) in [6, 6.07) is 8.19. The van der Waals surface area contributed by atoms with E-state index in [1.807, 2.05) is 19.1 Å². The Morgan fingerprint density at radius 1 is 1.30 bits per heavy atom. The molecular formula is C21H25N3O2S. The lowest BCUT2D eigenvalue weighted by molar-refractivity contribution is -0.129. The normalized spacial score (nSPS) is 18.8. The summed E-state index contributed by atoms with van der Waals surface area (Å²) in [4.78, 5) is 32.6. The maximum absolute atomic E-state index is 12.5. The van der Waals surface area contributed by atoms with Crippen LogP contribution in [-0.2, 0) is 35.4 Å². The molecule has 1 aromatic heterocycles. The van der Waals surface area contributed by atoms with Crippen molar-refractivity contribution < 1.29 is 9.59 Å². The summed E-state index contributed by atoms with van der Waals surface area (Å²) < 4.78 is 0. The quantitative estimate of drug-likeness (QED) is 0.834. The van der Waals surface area contributed by atoms with E-state index in [4.69, 9.17) is 0 Å². The number of hydrogen-bond acceptors (Lipinski definition) is 4. The van der Waals surface area contributed by atoms with Crippen molar-refractivity contribution in [1.29, 1.82) is 0 Å². The zero-order valence-electron chi connectivity index (χ0n) is 15.7. The minimum Gasteiger partial charge on any atom is -0.355 e. The number of fused-ring (bicyclic) bond motifs is 1. The van der Waals surface area contributed by atoms with E-state index in [9.17, 15) is 9.59 Å². The summed E-state index contributed by atoms with van der Waals surface area (Å²) in [6.07, 6.45) is 4.56. The Morgan fingerprint density at radius 2 is 2.11 bits per heavy atom. The highest BCUT2D eigenvalue weighted by atomic mass is 32.1. The molecule has 1 saturated heterocycles. The molecule has 0 bridgehead atoms. The third kappa shape index (κ3) is 4.21. The first-order valence-electron chi connectivity index (χ1n) is 9.67. The van der Waals surface area contributed by atoms with Gasteiger partial charge in [0, 0.05) is 37.4 Å². The standard InChI is InChI=1S/C21H25N3O2S/c1-14-5-7-15(8-6-14)12-24-13-16(11-20(24)25)21(26)22-10-9-19-23-17-3-2-4-18(17)27-19/h5-8,16H,2-4,9-13H2,1H3,(H,22,26)/t16-/m0/s1. The average Bonchev–Trinajstić information content (AvgIpc) is 3.32. The van der Waals surface area contributed by atoms with Crippen LogP contribution in [0.2, 0.25) is 0 Å². The number of amides is 2. The summed E-state index contributed by atoms with van der Waals surface area (Å²) in [7, 11) is 0. The van der Waals surface area contributed by atoms with Crippen LogP contribution in [0.4, 0.5) is 0 Å². The topological polar surface area (TPSA) is 62.3 Å². The maximum atomic E-state index is 12.5. The van der Waals surface area contributed by atoms with Gasteiger partial charge in [-0.05, 0) is 31.7 Å². The molecule has 27 heavy (non-hydrogen) atoms. The SMILES string of the molecule is Cc1ccc(CN2C[C@@H](C(=O)NCCc3nc4c(s3)CCC4)CC2=O)cc1. The number of aryl methyl sites for hydroxylation is 3. The van der Waals surface area contributed by atoms with Crippen molar-refractivity contribution in [2.24, 2.45) is 5.92 Å². The molecule has 0 spiro atoms. The smallest absolute Gasteiger partial charge is 0.225 e. The van der Waals surface area contributed by atoms with Gasteiger partial charge in [0.1, 0.15) is 0 Å². The number of carbonyl (C=O) groups is 2. The van der Waals surface area contributed by atoms with Gasteiger partial charge in [-0.15, -0.1) is 11.3 Å². The van der Waals surface area contributed by atoms with E-state index in [-0.39, 0.29) is 17.7 Å². The van der Waals surface area contributed by atoms with Crippen LogP contribution in [0.3, 0.4) is 0 Å². The van der Waals surface area contributed by atoms with Crippen LogP contribution in [0.25, 0.3) is 0 Å². The Morgan fingerprint density at radius 3 is 2.89 bits per heavy atom. The first-order chi connectivity index (χ1) is 13.1. The Bertz CT molecular complexity index is 822. The molecule has 5 nitrogen and oxygen atoms in total. The number of rotatable bonds is 6. The van der Waals surface area contributed by atoms with Crippen molar-refractivity contribution in [3.8, 4) is 0 Å². The van der Waals surface area contributed by atoms with Crippen LogP contribution < -0.4 is 5.32 Å². The largest absolute Gasteiger partial charge is 0.355 e. The molecule has 1 aliphatic carbocycles. The van der Waals surface area contributed by atoms with Crippen molar-refractivity contribution in [2.45, 2.75) is 45.6 Å². The molecule has 1 aromatic carbocycles. The first kappa shape index (κ1) is 18.2. The molecule has 142 valence electrons. The highest BCUT2D eigenvalue weighted by molar-refractivity contribution is 7.11. The van der Waals surface area contributed by atoms with E-state index in [2.05, 4.69) is 22.4 Å². The zero-order valence-corrected chi connectivity index (χ0v) is 16.5. The molecule has 1 aliphatic heterocycles. The number of carbonyl (C=O) groups excluding carboxylic acids is 2. The summed E-state index contributed by atoms with van der Waals surface area (Å²) in [5, 5.41) is 4.11. The van der Waals surface area contributed by atoms with E-state index in [0.29, 0.717) is 26.1 Å². The van der Waals surface area contributed by atoms with Gasteiger partial charge in [-0.25, -0.2) is 4.98 Å². The van der Waals surface area contributed by atoms with Crippen molar-refractivity contribution in [2.75, 3.05) is 13.1 Å². The number of likely N-dealkylation sites (tertiary alicyclic amines) is 1. The number of aromatic nitrogens is 1. The molecule has 4 rings (SSSR count). The number of nitrogens with zero attached hydrogens (tertiary/aromatic N) is 2. The van der Waals surface area contributed by atoms with Gasteiger partial charge >= 0.3 is 0 Å². The molecule has 1 atom stereocenters. The summed E-state index contributed by atoms with van der Waals surface area (Å²) in [5.41, 5.74) is 3.57. The van der Waals surface area contributed by atoms with Crippen LogP contribution in [0.5, 0.6) is 0 Å². The number of nitrogens with one attached hydrogen (secondary N) is 1. The fourth-order valence-electron chi connectivity index (χ4n) is 3.80. The van der Waals surface area contributed by atoms with Gasteiger partial charge in [-0.3, -0.25) is 9.59 Å². The lowest BCUT2D eigenvalue weighted by atomic mass is 10.1. The van der Waals surface area contributed by atoms with Gasteiger partial charge in [0.25, 0.3) is 0 Å². The predicted octanol–water partition coefficient (Wildman–Crippen LogP) is 2.65. The second kappa shape index (κ2) is 7.80. The minimum absolute atomic E-state index is 0.0150. The first-order valence-corrected chi connectivity index (χ1v) is 10.5. The monoisotopic (exact) mass is 383 g/mol. The lowest BCUT2D eigenvalue weighted by Gasteiger charge is -2.17. The molecule has 0 saturated carbocycles. The molecule has 1 N–H and O–H groups in total. The summed E-state index contributed by atoms with van der Waals surface area (Å²) in [5.74, 6) is -0.199. The van der Waals surface area contributed by atoms with Gasteiger partial charge in [0.05, 0.1) is 16.6 Å². The van der Waals surface area contributed by atoms with Crippen LogP contribution in [0.15, 0.2) is 24.3 Å². The van der Waals surface area contributed by atoms with Gasteiger partial charge < -0.3 is 10.2 Å². The van der Waals surface area contributed by atoms with Crippen LogP contribution in [0, 0.1) is 12.8 Å². The molecular weight excluding hydrogens is 358 g/mol. The minimum atomic E-state index is -0.246. The molecule has 6 heteroatoms. The third-order valence-electron chi connectivity index (χ3n) is 5.36. The number of hydrogen-bond donors (Lipinski definition) is 1. The molecule has 0 unspecified atom stereocenters. The van der Waals surface area contributed by atoms with Gasteiger partial charge in [-0.1, -0.05) is 29.8 Å². The van der Waals surface area contributed by atoms with E-state index < -0.39 is 0 Å². The van der Waals surface area contributed by atoms with Crippen LogP contribution >= 0.6 is 11.3 Å². The van der Waals surface area contributed by atoms with Gasteiger partial charge in [0.15, 0.2) is 0 Å². The van der Waals surface area contributed by atoms with E-state index in [1.165, 1.54) is 22.6 Å². The van der Waals surface area contributed by atoms with Crippen molar-refractivity contribution in [3.05, 3.63) is 51.0 Å². The maximum Gasteiger partial charge on any atom is 0.225 e. The molecule has 2 heterocycles. The zero-order chi connectivity index (χ0) is 18.8. The molecule has 2 amide bonds. The van der Waals surface area contributed by atoms with Gasteiger partial charge in [-0.2, -0.15) is 0 Å². The van der Waals surface area contributed by atoms with Crippen LogP contribution in [-0.4, -0.2) is 34.8 Å². The van der Waals surface area contributed by atoms with E-state index in [0.717, 1.165) is 29.8 Å². The Balaban J connectivity index is 1.25. The van der Waals surface area contributed by atoms with Crippen molar-refractivity contribution in [1.82, 2.24) is 15.2 Å². The average molecular weight is 384 g/mol. The molecule has 2 aliphatic rings. The Labute approximate surface area is 163 Å². The third-order valence-corrected chi connectivity index (χ3v) is 6.57. The fourth-order valence-corrected chi connectivity index (χ4v) is 4.96. The second-order valence-electron chi connectivity index (χ2n) is 7.53. The highest BCUT2D eigenvalue weighted by Gasteiger charge is 2.34. The van der Waals surface area contributed by atoms with Crippen LogP contribution in [0.1, 0.15) is 39.5 Å². The van der Waals surface area contributed by atoms with E-state index in [1.54, 1.807) is 16.2 Å². The second-order valence-corrected chi connectivity index (χ2v) is 8.70. The number of thiazole rings is 1. The summed E-state index contributed by atoms with van der Waals surface area (Å²) in [6.45, 7) is 3.72.